The fourth-order valence-corrected chi connectivity index (χ4v) is 3.56. The number of ether oxygens (including phenoxy) is 2. The average molecular weight is 351 g/mol. The predicted molar refractivity (Wildman–Crippen MR) is 99.9 cm³/mol. The molecule has 1 heterocycles. The van der Waals surface area contributed by atoms with E-state index in [1.165, 1.54) is 19.3 Å². The Hall–Kier alpha value is -2.49. The van der Waals surface area contributed by atoms with Gasteiger partial charge in [0, 0.05) is 6.54 Å². The molecular formula is C22H25NO3. The van der Waals surface area contributed by atoms with Gasteiger partial charge in [-0.25, -0.2) is 4.79 Å². The van der Waals surface area contributed by atoms with Gasteiger partial charge in [-0.05, 0) is 48.9 Å². The van der Waals surface area contributed by atoms with Gasteiger partial charge in [0.15, 0.2) is 0 Å². The van der Waals surface area contributed by atoms with E-state index < -0.39 is 0 Å². The van der Waals surface area contributed by atoms with Crippen LogP contribution in [0.3, 0.4) is 0 Å². The second kappa shape index (κ2) is 7.40. The van der Waals surface area contributed by atoms with Crippen LogP contribution in [0.25, 0.3) is 0 Å². The molecule has 2 aromatic rings. The van der Waals surface area contributed by atoms with E-state index in [-0.39, 0.29) is 18.2 Å². The third kappa shape index (κ3) is 3.55. The van der Waals surface area contributed by atoms with Gasteiger partial charge in [-0.3, -0.25) is 4.90 Å². The Labute approximate surface area is 154 Å². The van der Waals surface area contributed by atoms with Crippen LogP contribution >= 0.6 is 0 Å². The van der Waals surface area contributed by atoms with Crippen LogP contribution in [0.2, 0.25) is 0 Å². The van der Waals surface area contributed by atoms with E-state index in [2.05, 4.69) is 0 Å². The number of benzene rings is 2. The van der Waals surface area contributed by atoms with E-state index in [1.807, 2.05) is 61.5 Å². The predicted octanol–water partition coefficient (Wildman–Crippen LogP) is 4.95. The minimum absolute atomic E-state index is 0.000516. The summed E-state index contributed by atoms with van der Waals surface area (Å²) in [6.45, 7) is 3.40. The second-order valence-corrected chi connectivity index (χ2v) is 7.34. The fraction of sp³-hybridized carbons (Fsp3) is 0.409. The Morgan fingerprint density at radius 2 is 1.81 bits per heavy atom. The molecule has 0 N–H and O–H groups in total. The SMILES string of the molecule is C[C@H]1[C@@H](c2ccccc2)OC(=O)N1Cc1ccc(OCC2CCC2)cc1. The molecule has 0 bridgehead atoms. The summed E-state index contributed by atoms with van der Waals surface area (Å²) in [5.41, 5.74) is 2.12. The molecule has 4 rings (SSSR count). The van der Waals surface area contributed by atoms with Crippen LogP contribution in [-0.2, 0) is 11.3 Å². The Morgan fingerprint density at radius 3 is 2.46 bits per heavy atom. The van der Waals surface area contributed by atoms with Gasteiger partial charge in [0.1, 0.15) is 11.9 Å². The third-order valence-corrected chi connectivity index (χ3v) is 5.51. The summed E-state index contributed by atoms with van der Waals surface area (Å²) in [5.74, 6) is 1.63. The number of cyclic esters (lactones) is 1. The molecule has 2 fully saturated rings. The van der Waals surface area contributed by atoms with Crippen molar-refractivity contribution < 1.29 is 14.3 Å². The molecule has 0 spiro atoms. The fourth-order valence-electron chi connectivity index (χ4n) is 3.56. The lowest BCUT2D eigenvalue weighted by atomic mass is 9.86. The van der Waals surface area contributed by atoms with Crippen molar-refractivity contribution >= 4 is 6.09 Å². The van der Waals surface area contributed by atoms with Crippen molar-refractivity contribution in [3.63, 3.8) is 0 Å². The summed E-state index contributed by atoms with van der Waals surface area (Å²) < 4.78 is 11.5. The molecule has 136 valence electrons. The largest absolute Gasteiger partial charge is 0.493 e. The number of hydrogen-bond donors (Lipinski definition) is 0. The molecule has 4 heteroatoms. The summed E-state index contributed by atoms with van der Waals surface area (Å²) in [6, 6.07) is 18.0. The first-order valence-electron chi connectivity index (χ1n) is 9.44. The zero-order chi connectivity index (χ0) is 17.9. The van der Waals surface area contributed by atoms with Crippen LogP contribution < -0.4 is 4.74 Å². The maximum Gasteiger partial charge on any atom is 0.411 e. The smallest absolute Gasteiger partial charge is 0.411 e. The molecular weight excluding hydrogens is 326 g/mol. The van der Waals surface area contributed by atoms with E-state index in [1.54, 1.807) is 4.90 Å². The highest BCUT2D eigenvalue weighted by molar-refractivity contribution is 5.71. The van der Waals surface area contributed by atoms with Gasteiger partial charge < -0.3 is 9.47 Å². The molecule has 4 nitrogen and oxygen atoms in total. The van der Waals surface area contributed by atoms with Crippen LogP contribution in [-0.4, -0.2) is 23.6 Å². The van der Waals surface area contributed by atoms with Gasteiger partial charge in [0.25, 0.3) is 0 Å². The van der Waals surface area contributed by atoms with Crippen LogP contribution in [0.1, 0.15) is 43.4 Å². The quantitative estimate of drug-likeness (QED) is 0.739. The van der Waals surface area contributed by atoms with Crippen molar-refractivity contribution in [2.45, 2.75) is 44.9 Å². The molecule has 0 aromatic heterocycles. The van der Waals surface area contributed by atoms with Crippen molar-refractivity contribution in [3.05, 3.63) is 65.7 Å². The van der Waals surface area contributed by atoms with Crippen LogP contribution in [0.4, 0.5) is 4.79 Å². The molecule has 1 saturated carbocycles. The molecule has 2 atom stereocenters. The van der Waals surface area contributed by atoms with E-state index >= 15 is 0 Å². The van der Waals surface area contributed by atoms with Gasteiger partial charge in [0.2, 0.25) is 0 Å². The second-order valence-electron chi connectivity index (χ2n) is 7.34. The van der Waals surface area contributed by atoms with Crippen molar-refractivity contribution in [2.75, 3.05) is 6.61 Å². The lowest BCUT2D eigenvalue weighted by Gasteiger charge is -2.25. The lowest BCUT2D eigenvalue weighted by molar-refractivity contribution is 0.130. The molecule has 0 radical (unpaired) electrons. The van der Waals surface area contributed by atoms with E-state index in [0.29, 0.717) is 6.54 Å². The van der Waals surface area contributed by atoms with Crippen LogP contribution in [0, 0.1) is 5.92 Å². The Bertz CT molecular complexity index is 740. The zero-order valence-electron chi connectivity index (χ0n) is 15.1. The highest BCUT2D eigenvalue weighted by atomic mass is 16.6. The number of hydrogen-bond acceptors (Lipinski definition) is 3. The van der Waals surface area contributed by atoms with Crippen molar-refractivity contribution in [2.24, 2.45) is 5.92 Å². The van der Waals surface area contributed by atoms with E-state index in [0.717, 1.165) is 29.4 Å². The minimum atomic E-state index is -0.253. The number of rotatable bonds is 6. The zero-order valence-corrected chi connectivity index (χ0v) is 15.1. The van der Waals surface area contributed by atoms with Crippen LogP contribution in [0.15, 0.2) is 54.6 Å². The minimum Gasteiger partial charge on any atom is -0.493 e. The van der Waals surface area contributed by atoms with Crippen molar-refractivity contribution in [1.82, 2.24) is 4.90 Å². The number of amides is 1. The van der Waals surface area contributed by atoms with Gasteiger partial charge in [-0.2, -0.15) is 0 Å². The van der Waals surface area contributed by atoms with E-state index in [4.69, 9.17) is 9.47 Å². The first-order chi connectivity index (χ1) is 12.7. The summed E-state index contributed by atoms with van der Waals surface area (Å²) in [4.78, 5) is 14.1. The Morgan fingerprint density at radius 1 is 1.08 bits per heavy atom. The summed E-state index contributed by atoms with van der Waals surface area (Å²) in [5, 5.41) is 0. The number of carbonyl (C=O) groups excluding carboxylic acids is 1. The van der Waals surface area contributed by atoms with Crippen molar-refractivity contribution in [1.29, 1.82) is 0 Å². The van der Waals surface area contributed by atoms with Gasteiger partial charge in [-0.1, -0.05) is 48.9 Å². The summed E-state index contributed by atoms with van der Waals surface area (Å²) in [7, 11) is 0. The number of carbonyl (C=O) groups is 1. The highest BCUT2D eigenvalue weighted by Gasteiger charge is 2.39. The average Bonchev–Trinajstić information content (AvgIpc) is 2.91. The molecule has 2 aromatic carbocycles. The van der Waals surface area contributed by atoms with Gasteiger partial charge in [0.05, 0.1) is 12.6 Å². The normalized spacial score (nSPS) is 22.8. The van der Waals surface area contributed by atoms with Crippen molar-refractivity contribution in [3.8, 4) is 5.75 Å². The number of nitrogens with zero attached hydrogens (tertiary/aromatic N) is 1. The molecule has 1 aliphatic carbocycles. The third-order valence-electron chi connectivity index (χ3n) is 5.51. The standard InChI is InChI=1S/C22H25NO3/c1-16-21(19-8-3-2-4-9-19)26-22(24)23(16)14-17-10-12-20(13-11-17)25-15-18-6-5-7-18/h2-4,8-13,16,18,21H,5-7,14-15H2,1H3/t16-,21-/m0/s1. The monoisotopic (exact) mass is 351 g/mol. The van der Waals surface area contributed by atoms with Gasteiger partial charge in [-0.15, -0.1) is 0 Å². The molecule has 26 heavy (non-hydrogen) atoms. The summed E-state index contributed by atoms with van der Waals surface area (Å²) in [6.07, 6.45) is 3.44. The topological polar surface area (TPSA) is 38.8 Å². The maximum atomic E-state index is 12.3. The first-order valence-corrected chi connectivity index (χ1v) is 9.44. The van der Waals surface area contributed by atoms with E-state index in [9.17, 15) is 4.79 Å². The van der Waals surface area contributed by atoms with Crippen LogP contribution in [0.5, 0.6) is 5.75 Å². The molecule has 1 amide bonds. The molecule has 0 unspecified atom stereocenters. The Balaban J connectivity index is 1.37. The first kappa shape index (κ1) is 17.0. The molecule has 1 saturated heterocycles. The maximum absolute atomic E-state index is 12.3. The Kier molecular flexibility index (Phi) is 4.83. The highest BCUT2D eigenvalue weighted by Crippen LogP contribution is 2.33. The summed E-state index contributed by atoms with van der Waals surface area (Å²) >= 11 is 0. The molecule has 1 aliphatic heterocycles. The molecule has 2 aliphatic rings. The van der Waals surface area contributed by atoms with Gasteiger partial charge >= 0.3 is 6.09 Å². The lowest BCUT2D eigenvalue weighted by Crippen LogP contribution is -2.31.